The van der Waals surface area contributed by atoms with Gasteiger partial charge in [-0.15, -0.1) is 0 Å². The quantitative estimate of drug-likeness (QED) is 0.866. The van der Waals surface area contributed by atoms with E-state index in [1.165, 1.54) is 56.7 Å². The SMILES string of the molecule is CCNC1CCN(C2CCOC3(CCSCC3)C2)CC1C. The highest BCUT2D eigenvalue weighted by Crippen LogP contribution is 2.39. The molecule has 3 unspecified atom stereocenters. The maximum Gasteiger partial charge on any atom is 0.0713 e. The van der Waals surface area contributed by atoms with Gasteiger partial charge >= 0.3 is 0 Å². The molecule has 3 rings (SSSR count). The zero-order valence-corrected chi connectivity index (χ0v) is 14.6. The standard InChI is InChI=1S/C17H32N2OS/c1-3-18-16-4-8-19(13-14(16)2)15-5-9-20-17(12-15)6-10-21-11-7-17/h14-16,18H,3-13H2,1-2H3. The van der Waals surface area contributed by atoms with Crippen molar-refractivity contribution in [3.8, 4) is 0 Å². The molecule has 3 atom stereocenters. The Balaban J connectivity index is 1.57. The van der Waals surface area contributed by atoms with Crippen molar-refractivity contribution in [1.82, 2.24) is 10.2 Å². The Labute approximate surface area is 134 Å². The highest BCUT2D eigenvalue weighted by atomic mass is 32.2. The zero-order chi connectivity index (χ0) is 14.7. The molecule has 3 fully saturated rings. The molecule has 0 radical (unpaired) electrons. The van der Waals surface area contributed by atoms with E-state index < -0.39 is 0 Å². The number of rotatable bonds is 3. The van der Waals surface area contributed by atoms with E-state index in [9.17, 15) is 0 Å². The molecule has 0 aromatic rings. The molecule has 3 nitrogen and oxygen atoms in total. The van der Waals surface area contributed by atoms with Gasteiger partial charge in [0.15, 0.2) is 0 Å². The number of thioether (sulfide) groups is 1. The van der Waals surface area contributed by atoms with Crippen LogP contribution in [0.3, 0.4) is 0 Å². The molecule has 3 heterocycles. The van der Waals surface area contributed by atoms with Gasteiger partial charge in [0.1, 0.15) is 0 Å². The van der Waals surface area contributed by atoms with Crippen LogP contribution in [0, 0.1) is 5.92 Å². The Kier molecular flexibility index (Phi) is 5.52. The maximum absolute atomic E-state index is 6.26. The Bertz CT molecular complexity index is 327. The van der Waals surface area contributed by atoms with E-state index in [1.807, 2.05) is 0 Å². The smallest absolute Gasteiger partial charge is 0.0713 e. The van der Waals surface area contributed by atoms with E-state index >= 15 is 0 Å². The van der Waals surface area contributed by atoms with E-state index in [0.29, 0.717) is 0 Å². The molecule has 1 N–H and O–H groups in total. The van der Waals surface area contributed by atoms with Gasteiger partial charge < -0.3 is 10.1 Å². The van der Waals surface area contributed by atoms with Gasteiger partial charge in [-0.05, 0) is 62.6 Å². The fourth-order valence-electron chi connectivity index (χ4n) is 4.48. The summed E-state index contributed by atoms with van der Waals surface area (Å²) in [4.78, 5) is 2.78. The summed E-state index contributed by atoms with van der Waals surface area (Å²) in [6, 6.07) is 1.50. The van der Waals surface area contributed by atoms with Crippen molar-refractivity contribution in [2.75, 3.05) is 37.7 Å². The molecule has 21 heavy (non-hydrogen) atoms. The minimum atomic E-state index is 0.232. The van der Waals surface area contributed by atoms with Gasteiger partial charge in [0, 0.05) is 25.2 Å². The Morgan fingerprint density at radius 3 is 2.81 bits per heavy atom. The van der Waals surface area contributed by atoms with Crippen LogP contribution in [-0.2, 0) is 4.74 Å². The molecular weight excluding hydrogens is 280 g/mol. The molecule has 0 saturated carbocycles. The van der Waals surface area contributed by atoms with Crippen LogP contribution in [0.5, 0.6) is 0 Å². The summed E-state index contributed by atoms with van der Waals surface area (Å²) in [5, 5.41) is 3.66. The van der Waals surface area contributed by atoms with E-state index in [1.54, 1.807) is 0 Å². The van der Waals surface area contributed by atoms with Crippen molar-refractivity contribution < 1.29 is 4.74 Å². The van der Waals surface area contributed by atoms with Gasteiger partial charge in [-0.25, -0.2) is 0 Å². The largest absolute Gasteiger partial charge is 0.375 e. The molecule has 0 bridgehead atoms. The topological polar surface area (TPSA) is 24.5 Å². The summed E-state index contributed by atoms with van der Waals surface area (Å²) in [6.45, 7) is 9.28. The second-order valence-electron chi connectivity index (χ2n) is 7.22. The van der Waals surface area contributed by atoms with Gasteiger partial charge in [-0.3, -0.25) is 4.90 Å². The zero-order valence-electron chi connectivity index (χ0n) is 13.8. The lowest BCUT2D eigenvalue weighted by atomic mass is 9.83. The summed E-state index contributed by atoms with van der Waals surface area (Å²) < 4.78 is 6.26. The van der Waals surface area contributed by atoms with Crippen molar-refractivity contribution in [3.05, 3.63) is 0 Å². The van der Waals surface area contributed by atoms with Crippen LogP contribution in [0.15, 0.2) is 0 Å². The van der Waals surface area contributed by atoms with Crippen LogP contribution in [0.2, 0.25) is 0 Å². The number of hydrogen-bond donors (Lipinski definition) is 1. The predicted molar refractivity (Wildman–Crippen MR) is 91.1 cm³/mol. The first kappa shape index (κ1) is 16.1. The lowest BCUT2D eigenvalue weighted by Gasteiger charge is -2.49. The molecule has 3 saturated heterocycles. The summed E-state index contributed by atoms with van der Waals surface area (Å²) in [5.41, 5.74) is 0.232. The third-order valence-corrected chi connectivity index (χ3v) is 6.78. The van der Waals surface area contributed by atoms with Crippen LogP contribution in [0.4, 0.5) is 0 Å². The molecule has 3 aliphatic heterocycles. The van der Waals surface area contributed by atoms with Crippen LogP contribution in [0.1, 0.15) is 46.0 Å². The number of nitrogens with one attached hydrogen (secondary N) is 1. The van der Waals surface area contributed by atoms with Gasteiger partial charge in [0.05, 0.1) is 5.60 Å². The van der Waals surface area contributed by atoms with E-state index in [0.717, 1.165) is 31.2 Å². The van der Waals surface area contributed by atoms with Crippen LogP contribution in [-0.4, -0.2) is 60.3 Å². The summed E-state index contributed by atoms with van der Waals surface area (Å²) in [5.74, 6) is 3.37. The number of hydrogen-bond acceptors (Lipinski definition) is 4. The number of ether oxygens (including phenoxy) is 1. The molecule has 0 aromatic heterocycles. The first-order valence-corrected chi connectivity index (χ1v) is 10.1. The number of likely N-dealkylation sites (tertiary alicyclic amines) is 1. The highest BCUT2D eigenvalue weighted by Gasteiger charge is 2.41. The van der Waals surface area contributed by atoms with Crippen molar-refractivity contribution in [3.63, 3.8) is 0 Å². The monoisotopic (exact) mass is 312 g/mol. The third-order valence-electron chi connectivity index (χ3n) is 5.79. The first-order valence-electron chi connectivity index (χ1n) is 8.91. The maximum atomic E-state index is 6.26. The Morgan fingerprint density at radius 1 is 1.29 bits per heavy atom. The van der Waals surface area contributed by atoms with Crippen molar-refractivity contribution >= 4 is 11.8 Å². The molecule has 4 heteroatoms. The van der Waals surface area contributed by atoms with Crippen LogP contribution in [0.25, 0.3) is 0 Å². The lowest BCUT2D eigenvalue weighted by molar-refractivity contribution is -0.114. The molecule has 0 aliphatic carbocycles. The third kappa shape index (κ3) is 3.77. The first-order chi connectivity index (χ1) is 10.2. The molecule has 122 valence electrons. The Morgan fingerprint density at radius 2 is 2.10 bits per heavy atom. The Hall–Kier alpha value is 0.230. The highest BCUT2D eigenvalue weighted by molar-refractivity contribution is 7.99. The molecule has 0 amide bonds. The second kappa shape index (κ2) is 7.20. The normalized spacial score (nSPS) is 37.7. The van der Waals surface area contributed by atoms with Gasteiger partial charge in [0.25, 0.3) is 0 Å². The van der Waals surface area contributed by atoms with Gasteiger partial charge in [-0.2, -0.15) is 11.8 Å². The average molecular weight is 313 g/mol. The van der Waals surface area contributed by atoms with Crippen LogP contribution < -0.4 is 5.32 Å². The van der Waals surface area contributed by atoms with Gasteiger partial charge in [0.2, 0.25) is 0 Å². The fraction of sp³-hybridized carbons (Fsp3) is 1.00. The molecule has 0 aromatic carbocycles. The molecule has 3 aliphatic rings. The number of piperidine rings is 1. The fourth-order valence-corrected chi connectivity index (χ4v) is 5.72. The summed E-state index contributed by atoms with van der Waals surface area (Å²) in [6.07, 6.45) is 6.39. The van der Waals surface area contributed by atoms with Gasteiger partial charge in [-0.1, -0.05) is 13.8 Å². The van der Waals surface area contributed by atoms with E-state index in [2.05, 4.69) is 35.8 Å². The van der Waals surface area contributed by atoms with Crippen molar-refractivity contribution in [1.29, 1.82) is 0 Å². The predicted octanol–water partition coefficient (Wildman–Crippen LogP) is 2.75. The molecule has 1 spiro atoms. The van der Waals surface area contributed by atoms with Crippen LogP contribution >= 0.6 is 11.8 Å². The van der Waals surface area contributed by atoms with E-state index in [-0.39, 0.29) is 5.60 Å². The van der Waals surface area contributed by atoms with Crippen molar-refractivity contribution in [2.45, 2.75) is 63.6 Å². The lowest BCUT2D eigenvalue weighted by Crippen LogP contribution is -2.55. The average Bonchev–Trinajstić information content (AvgIpc) is 2.50. The summed E-state index contributed by atoms with van der Waals surface area (Å²) in [7, 11) is 0. The minimum absolute atomic E-state index is 0.232. The minimum Gasteiger partial charge on any atom is -0.375 e. The van der Waals surface area contributed by atoms with E-state index in [4.69, 9.17) is 4.74 Å². The second-order valence-corrected chi connectivity index (χ2v) is 8.44. The van der Waals surface area contributed by atoms with Crippen molar-refractivity contribution in [2.24, 2.45) is 5.92 Å². The molecular formula is C17H32N2OS. The number of nitrogens with zero attached hydrogens (tertiary/aromatic N) is 1. The summed E-state index contributed by atoms with van der Waals surface area (Å²) >= 11 is 2.10.